The minimum Gasteiger partial charge on any atom is -0.383 e. The molecule has 2 N–H and O–H groups in total. The smallest absolute Gasteiger partial charge is 0.234 e. The highest BCUT2D eigenvalue weighted by Gasteiger charge is 2.24. The predicted molar refractivity (Wildman–Crippen MR) is 86.4 cm³/mol. The van der Waals surface area contributed by atoms with E-state index >= 15 is 0 Å². The lowest BCUT2D eigenvalue weighted by atomic mass is 9.90. The maximum absolute atomic E-state index is 12.0. The zero-order valence-corrected chi connectivity index (χ0v) is 14.2. The third kappa shape index (κ3) is 7.25. The lowest BCUT2D eigenvalue weighted by Crippen LogP contribution is -2.46. The van der Waals surface area contributed by atoms with Gasteiger partial charge in [0.25, 0.3) is 0 Å². The highest BCUT2D eigenvalue weighted by Crippen LogP contribution is 2.22. The van der Waals surface area contributed by atoms with Crippen LogP contribution in [0.5, 0.6) is 0 Å². The van der Waals surface area contributed by atoms with Gasteiger partial charge >= 0.3 is 0 Å². The van der Waals surface area contributed by atoms with Crippen LogP contribution in [0.3, 0.4) is 0 Å². The number of rotatable bonds is 9. The second-order valence-corrected chi connectivity index (χ2v) is 6.30. The van der Waals surface area contributed by atoms with Crippen LogP contribution in [0, 0.1) is 0 Å². The molecular weight excluding hydrogens is 266 g/mol. The average Bonchev–Trinajstić information content (AvgIpc) is 2.45. The van der Waals surface area contributed by atoms with Gasteiger partial charge in [-0.1, -0.05) is 6.92 Å². The summed E-state index contributed by atoms with van der Waals surface area (Å²) in [5.41, 5.74) is 0. The van der Waals surface area contributed by atoms with Crippen LogP contribution < -0.4 is 10.6 Å². The Bertz CT molecular complexity index is 291. The molecule has 1 atom stereocenters. The van der Waals surface area contributed by atoms with E-state index in [1.165, 1.54) is 32.1 Å². The van der Waals surface area contributed by atoms with Gasteiger partial charge in [0.1, 0.15) is 0 Å². The van der Waals surface area contributed by atoms with Crippen LogP contribution in [0.25, 0.3) is 0 Å². The molecule has 0 spiro atoms. The van der Waals surface area contributed by atoms with Gasteiger partial charge in [-0.25, -0.2) is 0 Å². The maximum atomic E-state index is 12.0. The van der Waals surface area contributed by atoms with Crippen LogP contribution in [0.15, 0.2) is 0 Å². The first kappa shape index (κ1) is 18.4. The fourth-order valence-electron chi connectivity index (χ4n) is 3.04. The van der Waals surface area contributed by atoms with Gasteiger partial charge in [-0.2, -0.15) is 0 Å². The number of hydrogen-bond acceptors (Lipinski definition) is 4. The van der Waals surface area contributed by atoms with Crippen LogP contribution in [0.1, 0.15) is 46.0 Å². The van der Waals surface area contributed by atoms with Gasteiger partial charge in [-0.05, 0) is 52.6 Å². The first-order chi connectivity index (χ1) is 10.1. The highest BCUT2D eigenvalue weighted by atomic mass is 16.5. The van der Waals surface area contributed by atoms with Crippen molar-refractivity contribution < 1.29 is 9.53 Å². The van der Waals surface area contributed by atoms with Crippen molar-refractivity contribution in [2.75, 3.05) is 33.9 Å². The first-order valence-corrected chi connectivity index (χ1v) is 8.28. The number of likely N-dealkylation sites (N-methyl/N-ethyl adjacent to an activating group) is 1. The Kier molecular flexibility index (Phi) is 8.88. The Morgan fingerprint density at radius 3 is 2.57 bits per heavy atom. The first-order valence-electron chi connectivity index (χ1n) is 8.28. The van der Waals surface area contributed by atoms with Crippen LogP contribution in [0.2, 0.25) is 0 Å². The number of carbonyl (C=O) groups excluding carboxylic acids is 1. The largest absolute Gasteiger partial charge is 0.383 e. The van der Waals surface area contributed by atoms with E-state index in [0.29, 0.717) is 25.2 Å². The van der Waals surface area contributed by atoms with Crippen molar-refractivity contribution in [3.63, 3.8) is 0 Å². The third-order valence-electron chi connectivity index (χ3n) is 4.22. The predicted octanol–water partition coefficient (Wildman–Crippen LogP) is 1.38. The molecule has 1 fully saturated rings. The minimum atomic E-state index is 0.0740. The third-order valence-corrected chi connectivity index (χ3v) is 4.22. The van der Waals surface area contributed by atoms with Crippen LogP contribution in [-0.2, 0) is 9.53 Å². The van der Waals surface area contributed by atoms with Crippen molar-refractivity contribution in [2.45, 2.75) is 64.1 Å². The molecule has 0 aromatic heterocycles. The molecular formula is C16H33N3O2. The van der Waals surface area contributed by atoms with Gasteiger partial charge in [0.15, 0.2) is 0 Å². The molecule has 21 heavy (non-hydrogen) atoms. The number of ether oxygens (including phenoxy) is 1. The van der Waals surface area contributed by atoms with E-state index in [1.54, 1.807) is 7.11 Å². The number of carbonyl (C=O) groups is 1. The summed E-state index contributed by atoms with van der Waals surface area (Å²) in [5, 5.41) is 6.57. The van der Waals surface area contributed by atoms with E-state index in [-0.39, 0.29) is 11.9 Å². The molecule has 1 rings (SSSR count). The quantitative estimate of drug-likeness (QED) is 0.675. The molecule has 0 heterocycles. The van der Waals surface area contributed by atoms with Crippen LogP contribution >= 0.6 is 0 Å². The van der Waals surface area contributed by atoms with E-state index in [2.05, 4.69) is 29.5 Å². The Hall–Kier alpha value is -0.650. The molecule has 5 heteroatoms. The second-order valence-electron chi connectivity index (χ2n) is 6.30. The molecule has 124 valence electrons. The number of methoxy groups -OCH3 is 1. The molecule has 1 saturated carbocycles. The van der Waals surface area contributed by atoms with Gasteiger partial charge in [0.2, 0.25) is 5.91 Å². The molecule has 1 amide bonds. The number of nitrogens with one attached hydrogen (secondary N) is 2. The summed E-state index contributed by atoms with van der Waals surface area (Å²) >= 11 is 0. The van der Waals surface area contributed by atoms with Crippen LogP contribution in [0.4, 0.5) is 0 Å². The Morgan fingerprint density at radius 1 is 1.33 bits per heavy atom. The molecule has 0 saturated heterocycles. The lowest BCUT2D eigenvalue weighted by Gasteiger charge is -2.34. The Morgan fingerprint density at radius 2 is 2.00 bits per heavy atom. The molecule has 5 nitrogen and oxygen atoms in total. The highest BCUT2D eigenvalue weighted by molar-refractivity contribution is 5.78. The summed E-state index contributed by atoms with van der Waals surface area (Å²) in [6.45, 7) is 6.32. The van der Waals surface area contributed by atoms with Crippen molar-refractivity contribution >= 4 is 5.91 Å². The Balaban J connectivity index is 2.24. The summed E-state index contributed by atoms with van der Waals surface area (Å²) in [7, 11) is 3.71. The number of nitrogens with zero attached hydrogens (tertiary/aromatic N) is 1. The summed E-state index contributed by atoms with van der Waals surface area (Å²) in [5.74, 6) is 0.0910. The fraction of sp³-hybridized carbons (Fsp3) is 0.938. The van der Waals surface area contributed by atoms with Crippen molar-refractivity contribution in [3.8, 4) is 0 Å². The number of hydrogen-bond donors (Lipinski definition) is 2. The van der Waals surface area contributed by atoms with Crippen molar-refractivity contribution in [2.24, 2.45) is 0 Å². The molecule has 0 bridgehead atoms. The van der Waals surface area contributed by atoms with E-state index in [1.807, 2.05) is 6.92 Å². The van der Waals surface area contributed by atoms with E-state index < -0.39 is 0 Å². The topological polar surface area (TPSA) is 53.6 Å². The Labute approximate surface area is 129 Å². The SMILES string of the molecule is CCCNC1CCC(N(C)CC(=O)NC(C)COC)CC1. The summed E-state index contributed by atoms with van der Waals surface area (Å²) in [4.78, 5) is 14.2. The minimum absolute atomic E-state index is 0.0740. The standard InChI is InChI=1S/C16H33N3O2/c1-5-10-17-14-6-8-15(9-7-14)19(3)11-16(20)18-13(2)12-21-4/h13-15,17H,5-12H2,1-4H3,(H,18,20). The fourth-order valence-corrected chi connectivity index (χ4v) is 3.04. The van der Waals surface area contributed by atoms with Gasteiger partial charge < -0.3 is 15.4 Å². The van der Waals surface area contributed by atoms with Gasteiger partial charge in [0, 0.05) is 25.2 Å². The molecule has 1 aliphatic carbocycles. The van der Waals surface area contributed by atoms with Gasteiger partial charge in [-0.15, -0.1) is 0 Å². The summed E-state index contributed by atoms with van der Waals surface area (Å²) in [6, 6.07) is 1.28. The lowest BCUT2D eigenvalue weighted by molar-refractivity contribution is -0.123. The van der Waals surface area contributed by atoms with Crippen LogP contribution in [-0.4, -0.2) is 62.8 Å². The maximum Gasteiger partial charge on any atom is 0.234 e. The molecule has 1 unspecified atom stereocenters. The zero-order valence-electron chi connectivity index (χ0n) is 14.2. The van der Waals surface area contributed by atoms with E-state index in [9.17, 15) is 4.79 Å². The molecule has 0 aromatic carbocycles. The van der Waals surface area contributed by atoms with Gasteiger partial charge in [-0.3, -0.25) is 9.69 Å². The number of amides is 1. The zero-order chi connectivity index (χ0) is 15.7. The van der Waals surface area contributed by atoms with Crippen molar-refractivity contribution in [3.05, 3.63) is 0 Å². The van der Waals surface area contributed by atoms with Crippen molar-refractivity contribution in [1.82, 2.24) is 15.5 Å². The second kappa shape index (κ2) is 10.1. The molecule has 0 radical (unpaired) electrons. The summed E-state index contributed by atoms with van der Waals surface area (Å²) in [6.07, 6.45) is 5.99. The molecule has 1 aliphatic rings. The van der Waals surface area contributed by atoms with E-state index in [4.69, 9.17) is 4.74 Å². The van der Waals surface area contributed by atoms with E-state index in [0.717, 1.165) is 6.54 Å². The monoisotopic (exact) mass is 299 g/mol. The summed E-state index contributed by atoms with van der Waals surface area (Å²) < 4.78 is 5.03. The average molecular weight is 299 g/mol. The van der Waals surface area contributed by atoms with Crippen molar-refractivity contribution in [1.29, 1.82) is 0 Å². The van der Waals surface area contributed by atoms with Gasteiger partial charge in [0.05, 0.1) is 13.2 Å². The normalized spacial score (nSPS) is 24.0. The molecule has 0 aromatic rings. The molecule has 0 aliphatic heterocycles.